The van der Waals surface area contributed by atoms with Crippen LogP contribution in [0.3, 0.4) is 0 Å². The van der Waals surface area contributed by atoms with Gasteiger partial charge in [0.1, 0.15) is 0 Å². The average molecular weight is 324 g/mol. The van der Waals surface area contributed by atoms with Crippen molar-refractivity contribution in [1.82, 2.24) is 9.80 Å². The third-order valence-corrected chi connectivity index (χ3v) is 4.16. The normalized spacial score (nSPS) is 14.5. The zero-order chi connectivity index (χ0) is 17.0. The van der Waals surface area contributed by atoms with Crippen LogP contribution >= 0.6 is 0 Å². The molecule has 1 fully saturated rings. The van der Waals surface area contributed by atoms with Gasteiger partial charge < -0.3 is 9.80 Å². The van der Waals surface area contributed by atoms with Crippen molar-refractivity contribution < 1.29 is 18.4 Å². The standard InChI is InChI=1S/C17H22F2N2O2/c1-3-5-8-20(4-2)17(23)13-10-21(11-13)16(22)12-6-7-14(18)15(19)9-12/h6-7,9,13H,3-5,8,10-11H2,1-2H3. The summed E-state index contributed by atoms with van der Waals surface area (Å²) in [6, 6.07) is 3.09. The van der Waals surface area contributed by atoms with E-state index in [2.05, 4.69) is 6.92 Å². The van der Waals surface area contributed by atoms with Crippen LogP contribution in [0.4, 0.5) is 8.78 Å². The van der Waals surface area contributed by atoms with E-state index in [4.69, 9.17) is 0 Å². The van der Waals surface area contributed by atoms with Crippen molar-refractivity contribution in [1.29, 1.82) is 0 Å². The summed E-state index contributed by atoms with van der Waals surface area (Å²) in [5.41, 5.74) is 0.105. The van der Waals surface area contributed by atoms with Crippen molar-refractivity contribution in [2.24, 2.45) is 5.92 Å². The predicted octanol–water partition coefficient (Wildman–Crippen LogP) is 2.69. The maximum Gasteiger partial charge on any atom is 0.254 e. The highest BCUT2D eigenvalue weighted by molar-refractivity contribution is 5.96. The molecule has 126 valence electrons. The summed E-state index contributed by atoms with van der Waals surface area (Å²) in [6.45, 7) is 6.07. The quantitative estimate of drug-likeness (QED) is 0.807. The molecule has 0 spiro atoms. The lowest BCUT2D eigenvalue weighted by molar-refractivity contribution is -0.139. The maximum absolute atomic E-state index is 13.2. The Morgan fingerprint density at radius 2 is 1.91 bits per heavy atom. The van der Waals surface area contributed by atoms with E-state index in [0.29, 0.717) is 19.6 Å². The Morgan fingerprint density at radius 1 is 1.22 bits per heavy atom. The van der Waals surface area contributed by atoms with Gasteiger partial charge in [0.2, 0.25) is 5.91 Å². The molecule has 0 unspecified atom stereocenters. The first-order chi connectivity index (χ1) is 11.0. The van der Waals surface area contributed by atoms with Crippen molar-refractivity contribution in [3.05, 3.63) is 35.4 Å². The van der Waals surface area contributed by atoms with E-state index in [-0.39, 0.29) is 23.3 Å². The average Bonchev–Trinajstić information content (AvgIpc) is 2.49. The van der Waals surface area contributed by atoms with Crippen LogP contribution in [0.25, 0.3) is 0 Å². The zero-order valence-electron chi connectivity index (χ0n) is 13.5. The smallest absolute Gasteiger partial charge is 0.254 e. The number of nitrogens with zero attached hydrogens (tertiary/aromatic N) is 2. The van der Waals surface area contributed by atoms with Gasteiger partial charge in [0.05, 0.1) is 5.92 Å². The Hall–Kier alpha value is -1.98. The van der Waals surface area contributed by atoms with E-state index >= 15 is 0 Å². The van der Waals surface area contributed by atoms with Crippen LogP contribution in [0.1, 0.15) is 37.0 Å². The van der Waals surface area contributed by atoms with Crippen LogP contribution in [-0.2, 0) is 4.79 Å². The Balaban J connectivity index is 1.91. The molecule has 1 aliphatic heterocycles. The first-order valence-corrected chi connectivity index (χ1v) is 8.01. The second-order valence-corrected chi connectivity index (χ2v) is 5.81. The Bertz CT molecular complexity index is 586. The molecule has 0 atom stereocenters. The highest BCUT2D eigenvalue weighted by atomic mass is 19.2. The molecule has 0 radical (unpaired) electrons. The molecule has 2 amide bonds. The molecule has 1 aromatic rings. The molecular formula is C17H22F2N2O2. The van der Waals surface area contributed by atoms with Crippen LogP contribution in [0.5, 0.6) is 0 Å². The van der Waals surface area contributed by atoms with Crippen molar-refractivity contribution >= 4 is 11.8 Å². The minimum atomic E-state index is -1.04. The third kappa shape index (κ3) is 3.86. The molecule has 0 saturated carbocycles. The molecule has 1 aliphatic rings. The topological polar surface area (TPSA) is 40.6 Å². The number of rotatable bonds is 6. The zero-order valence-corrected chi connectivity index (χ0v) is 13.5. The fourth-order valence-electron chi connectivity index (χ4n) is 2.64. The van der Waals surface area contributed by atoms with Gasteiger partial charge in [-0.05, 0) is 31.5 Å². The lowest BCUT2D eigenvalue weighted by atomic mass is 9.97. The van der Waals surface area contributed by atoms with E-state index in [1.807, 2.05) is 11.8 Å². The summed E-state index contributed by atoms with van der Waals surface area (Å²) in [4.78, 5) is 27.8. The molecule has 6 heteroatoms. The largest absolute Gasteiger partial charge is 0.343 e. The fraction of sp³-hybridized carbons (Fsp3) is 0.529. The molecule has 0 aliphatic carbocycles. The Labute approximate surface area is 135 Å². The monoisotopic (exact) mass is 324 g/mol. The molecule has 1 saturated heterocycles. The number of hydrogen-bond acceptors (Lipinski definition) is 2. The molecule has 0 bridgehead atoms. The molecular weight excluding hydrogens is 302 g/mol. The highest BCUT2D eigenvalue weighted by Gasteiger charge is 2.37. The van der Waals surface area contributed by atoms with E-state index in [9.17, 15) is 18.4 Å². The van der Waals surface area contributed by atoms with E-state index in [1.165, 1.54) is 11.0 Å². The second-order valence-electron chi connectivity index (χ2n) is 5.81. The molecule has 23 heavy (non-hydrogen) atoms. The lowest BCUT2D eigenvalue weighted by Gasteiger charge is -2.40. The van der Waals surface area contributed by atoms with Crippen molar-refractivity contribution in [2.75, 3.05) is 26.2 Å². The number of carbonyl (C=O) groups excluding carboxylic acids is 2. The number of halogens is 2. The number of likely N-dealkylation sites (tertiary alicyclic amines) is 1. The van der Waals surface area contributed by atoms with Crippen LogP contribution in [0.15, 0.2) is 18.2 Å². The predicted molar refractivity (Wildman–Crippen MR) is 82.9 cm³/mol. The number of carbonyl (C=O) groups is 2. The van der Waals surface area contributed by atoms with Gasteiger partial charge in [0.25, 0.3) is 5.91 Å². The summed E-state index contributed by atoms with van der Waals surface area (Å²) >= 11 is 0. The first kappa shape index (κ1) is 17.4. The van der Waals surface area contributed by atoms with Gasteiger partial charge >= 0.3 is 0 Å². The molecule has 1 aromatic carbocycles. The van der Waals surface area contributed by atoms with Crippen LogP contribution in [-0.4, -0.2) is 47.8 Å². The number of benzene rings is 1. The summed E-state index contributed by atoms with van der Waals surface area (Å²) in [7, 11) is 0. The van der Waals surface area contributed by atoms with Crippen molar-refractivity contribution in [2.45, 2.75) is 26.7 Å². The number of amides is 2. The summed E-state index contributed by atoms with van der Waals surface area (Å²) in [6.07, 6.45) is 1.99. The molecule has 4 nitrogen and oxygen atoms in total. The van der Waals surface area contributed by atoms with Gasteiger partial charge in [0.15, 0.2) is 11.6 Å². The second kappa shape index (κ2) is 7.53. The van der Waals surface area contributed by atoms with Crippen LogP contribution in [0, 0.1) is 17.6 Å². The third-order valence-electron chi connectivity index (χ3n) is 4.16. The minimum Gasteiger partial charge on any atom is -0.343 e. The number of hydrogen-bond donors (Lipinski definition) is 0. The molecule has 2 rings (SSSR count). The highest BCUT2D eigenvalue weighted by Crippen LogP contribution is 2.22. The SMILES string of the molecule is CCCCN(CC)C(=O)C1CN(C(=O)c2ccc(F)c(F)c2)C1. The number of unbranched alkanes of at least 4 members (excludes halogenated alkanes) is 1. The van der Waals surface area contributed by atoms with Gasteiger partial charge in [-0.2, -0.15) is 0 Å². The molecule has 0 aromatic heterocycles. The molecule has 1 heterocycles. The van der Waals surface area contributed by atoms with E-state index < -0.39 is 11.6 Å². The van der Waals surface area contributed by atoms with Gasteiger partial charge in [0, 0.05) is 31.7 Å². The molecule has 0 N–H and O–H groups in total. The summed E-state index contributed by atoms with van der Waals surface area (Å²) in [5.74, 6) is -2.52. The van der Waals surface area contributed by atoms with E-state index in [0.717, 1.165) is 31.5 Å². The minimum absolute atomic E-state index is 0.0651. The van der Waals surface area contributed by atoms with Gasteiger partial charge in [-0.15, -0.1) is 0 Å². The lowest BCUT2D eigenvalue weighted by Crippen LogP contribution is -2.56. The van der Waals surface area contributed by atoms with Crippen molar-refractivity contribution in [3.63, 3.8) is 0 Å². The van der Waals surface area contributed by atoms with Crippen LogP contribution in [0.2, 0.25) is 0 Å². The summed E-state index contributed by atoms with van der Waals surface area (Å²) in [5, 5.41) is 0. The Morgan fingerprint density at radius 3 is 2.48 bits per heavy atom. The van der Waals surface area contributed by atoms with Gasteiger partial charge in [-0.3, -0.25) is 9.59 Å². The van der Waals surface area contributed by atoms with Crippen LogP contribution < -0.4 is 0 Å². The van der Waals surface area contributed by atoms with Gasteiger partial charge in [-0.1, -0.05) is 13.3 Å². The van der Waals surface area contributed by atoms with E-state index in [1.54, 1.807) is 0 Å². The first-order valence-electron chi connectivity index (χ1n) is 8.01. The van der Waals surface area contributed by atoms with Gasteiger partial charge in [-0.25, -0.2) is 8.78 Å². The Kier molecular flexibility index (Phi) is 5.69. The fourth-order valence-corrected chi connectivity index (χ4v) is 2.64. The van der Waals surface area contributed by atoms with Crippen molar-refractivity contribution in [3.8, 4) is 0 Å². The maximum atomic E-state index is 13.2. The summed E-state index contributed by atoms with van der Waals surface area (Å²) < 4.78 is 26.1.